The van der Waals surface area contributed by atoms with Crippen molar-refractivity contribution in [3.05, 3.63) is 12.3 Å². The highest BCUT2D eigenvalue weighted by Gasteiger charge is 1.79. The summed E-state index contributed by atoms with van der Waals surface area (Å²) >= 11 is 0. The Kier molecular flexibility index (Phi) is 5.63. The van der Waals surface area contributed by atoms with Gasteiger partial charge in [-0.3, -0.25) is 9.98 Å². The van der Waals surface area contributed by atoms with E-state index in [0.717, 1.165) is 0 Å². The Labute approximate surface area is 62.4 Å². The molecule has 0 saturated heterocycles. The van der Waals surface area contributed by atoms with Crippen LogP contribution in [-0.2, 0) is 0 Å². The van der Waals surface area contributed by atoms with Crippen LogP contribution in [0.4, 0.5) is 0 Å². The highest BCUT2D eigenvalue weighted by Crippen LogP contribution is 1.84. The normalized spacial score (nSPS) is 13.2. The zero-order chi connectivity index (χ0) is 7.82. The van der Waals surface area contributed by atoms with E-state index in [1.54, 1.807) is 25.5 Å². The lowest BCUT2D eigenvalue weighted by atomic mass is 10.3. The number of rotatable bonds is 3. The molecule has 0 saturated carbocycles. The molecule has 0 spiro atoms. The monoisotopic (exact) mass is 138 g/mol. The summed E-state index contributed by atoms with van der Waals surface area (Å²) < 4.78 is 0. The van der Waals surface area contributed by atoms with Gasteiger partial charge in [-0.05, 0) is 12.0 Å². The third kappa shape index (κ3) is 7.08. The number of aliphatic imine (C=N–C) groups is 2. The molecule has 0 aromatic heterocycles. The molecule has 10 heavy (non-hydrogen) atoms. The first-order chi connectivity index (χ1) is 4.77. The highest BCUT2D eigenvalue weighted by atomic mass is 14.7. The summed E-state index contributed by atoms with van der Waals surface area (Å²) in [6, 6.07) is 0. The molecular weight excluding hydrogens is 124 g/mol. The third-order valence-electron chi connectivity index (χ3n) is 0.791. The molecule has 0 aliphatic heterocycles. The second-order valence-corrected chi connectivity index (χ2v) is 2.29. The molecule has 0 aromatic carbocycles. The standard InChI is InChI=1S/C8H14N2/c1-8(2)7-10-6-4-5-9-3/h4-8H,1-3H3/b6-4-,9-5?,10-7?. The maximum atomic E-state index is 4.01. The van der Waals surface area contributed by atoms with E-state index in [2.05, 4.69) is 23.8 Å². The zero-order valence-electron chi connectivity index (χ0n) is 6.78. The van der Waals surface area contributed by atoms with Gasteiger partial charge in [0.1, 0.15) is 0 Å². The molecule has 0 rings (SSSR count). The minimum absolute atomic E-state index is 0.517. The maximum Gasteiger partial charge on any atom is 0.0279 e. The molecule has 0 aliphatic carbocycles. The number of allylic oxidation sites excluding steroid dienone is 1. The Morgan fingerprint density at radius 3 is 2.50 bits per heavy atom. The van der Waals surface area contributed by atoms with Gasteiger partial charge in [0, 0.05) is 25.7 Å². The fourth-order valence-corrected chi connectivity index (χ4v) is 0.396. The first kappa shape index (κ1) is 9.08. The lowest BCUT2D eigenvalue weighted by Gasteiger charge is -1.87. The van der Waals surface area contributed by atoms with Gasteiger partial charge in [-0.2, -0.15) is 0 Å². The smallest absolute Gasteiger partial charge is 0.0279 e. The Hall–Kier alpha value is -0.920. The van der Waals surface area contributed by atoms with E-state index in [9.17, 15) is 0 Å². The quantitative estimate of drug-likeness (QED) is 0.532. The van der Waals surface area contributed by atoms with Crippen molar-refractivity contribution in [3.63, 3.8) is 0 Å². The van der Waals surface area contributed by atoms with E-state index in [1.165, 1.54) is 0 Å². The van der Waals surface area contributed by atoms with Crippen LogP contribution in [0.2, 0.25) is 0 Å². The molecular formula is C8H14N2. The summed E-state index contributed by atoms with van der Waals surface area (Å²) in [6.07, 6.45) is 7.13. The molecule has 2 heteroatoms. The SMILES string of the molecule is CN=C/C=C\N=CC(C)C. The lowest BCUT2D eigenvalue weighted by Crippen LogP contribution is -1.84. The van der Waals surface area contributed by atoms with E-state index in [1.807, 2.05) is 6.21 Å². The van der Waals surface area contributed by atoms with Gasteiger partial charge in [-0.25, -0.2) is 0 Å². The van der Waals surface area contributed by atoms with E-state index in [-0.39, 0.29) is 0 Å². The van der Waals surface area contributed by atoms with Gasteiger partial charge in [-0.15, -0.1) is 0 Å². The number of nitrogens with zero attached hydrogens (tertiary/aromatic N) is 2. The molecule has 0 amide bonds. The minimum atomic E-state index is 0.517. The van der Waals surface area contributed by atoms with Crippen molar-refractivity contribution in [1.82, 2.24) is 0 Å². The first-order valence-corrected chi connectivity index (χ1v) is 3.38. The Bertz CT molecular complexity index is 143. The van der Waals surface area contributed by atoms with Gasteiger partial charge in [0.05, 0.1) is 0 Å². The molecule has 0 aromatic rings. The van der Waals surface area contributed by atoms with Crippen LogP contribution in [0.25, 0.3) is 0 Å². The summed E-state index contributed by atoms with van der Waals surface area (Å²) in [4.78, 5) is 7.78. The second-order valence-electron chi connectivity index (χ2n) is 2.29. The van der Waals surface area contributed by atoms with Gasteiger partial charge in [-0.1, -0.05) is 13.8 Å². The minimum Gasteiger partial charge on any atom is -0.296 e. The Morgan fingerprint density at radius 1 is 1.30 bits per heavy atom. The number of hydrogen-bond acceptors (Lipinski definition) is 2. The van der Waals surface area contributed by atoms with E-state index in [0.29, 0.717) is 5.92 Å². The molecule has 0 heterocycles. The lowest BCUT2D eigenvalue weighted by molar-refractivity contribution is 0.907. The van der Waals surface area contributed by atoms with Crippen LogP contribution in [0, 0.1) is 5.92 Å². The van der Waals surface area contributed by atoms with Crippen LogP contribution in [-0.4, -0.2) is 19.5 Å². The summed E-state index contributed by atoms with van der Waals surface area (Å²) in [5, 5.41) is 0. The molecule has 0 unspecified atom stereocenters. The van der Waals surface area contributed by atoms with E-state index >= 15 is 0 Å². The van der Waals surface area contributed by atoms with E-state index < -0.39 is 0 Å². The highest BCUT2D eigenvalue weighted by molar-refractivity contribution is 5.71. The van der Waals surface area contributed by atoms with Crippen LogP contribution < -0.4 is 0 Å². The number of hydrogen-bond donors (Lipinski definition) is 0. The predicted octanol–water partition coefficient (Wildman–Crippen LogP) is 1.93. The van der Waals surface area contributed by atoms with Crippen molar-refractivity contribution in [2.75, 3.05) is 7.05 Å². The molecule has 0 atom stereocenters. The van der Waals surface area contributed by atoms with Crippen molar-refractivity contribution in [1.29, 1.82) is 0 Å². The Balaban J connectivity index is 3.51. The fourth-order valence-electron chi connectivity index (χ4n) is 0.396. The summed E-state index contributed by atoms with van der Waals surface area (Å²) in [5.74, 6) is 0.517. The summed E-state index contributed by atoms with van der Waals surface area (Å²) in [7, 11) is 1.73. The van der Waals surface area contributed by atoms with Gasteiger partial charge in [0.25, 0.3) is 0 Å². The molecule has 0 radical (unpaired) electrons. The largest absolute Gasteiger partial charge is 0.296 e. The van der Waals surface area contributed by atoms with Crippen LogP contribution in [0.5, 0.6) is 0 Å². The average molecular weight is 138 g/mol. The van der Waals surface area contributed by atoms with E-state index in [4.69, 9.17) is 0 Å². The molecule has 0 aliphatic rings. The molecule has 0 N–H and O–H groups in total. The zero-order valence-corrected chi connectivity index (χ0v) is 6.78. The van der Waals surface area contributed by atoms with Crippen molar-refractivity contribution >= 4 is 12.4 Å². The predicted molar refractivity (Wildman–Crippen MR) is 46.9 cm³/mol. The van der Waals surface area contributed by atoms with Crippen LogP contribution in [0.15, 0.2) is 22.3 Å². The van der Waals surface area contributed by atoms with Crippen LogP contribution in [0.3, 0.4) is 0 Å². The summed E-state index contributed by atoms with van der Waals surface area (Å²) in [5.41, 5.74) is 0. The maximum absolute atomic E-state index is 4.01. The Morgan fingerprint density at radius 2 is 2.00 bits per heavy atom. The van der Waals surface area contributed by atoms with Gasteiger partial charge < -0.3 is 0 Å². The molecule has 0 bridgehead atoms. The summed E-state index contributed by atoms with van der Waals surface area (Å²) in [6.45, 7) is 4.18. The fraction of sp³-hybridized carbons (Fsp3) is 0.500. The van der Waals surface area contributed by atoms with Gasteiger partial charge >= 0.3 is 0 Å². The topological polar surface area (TPSA) is 24.7 Å². The van der Waals surface area contributed by atoms with Crippen molar-refractivity contribution < 1.29 is 0 Å². The van der Waals surface area contributed by atoms with Gasteiger partial charge in [0.15, 0.2) is 0 Å². The molecule has 2 nitrogen and oxygen atoms in total. The second kappa shape index (κ2) is 6.20. The first-order valence-electron chi connectivity index (χ1n) is 3.38. The van der Waals surface area contributed by atoms with Crippen LogP contribution in [0.1, 0.15) is 13.8 Å². The molecule has 56 valence electrons. The third-order valence-corrected chi connectivity index (χ3v) is 0.791. The van der Waals surface area contributed by atoms with Gasteiger partial charge in [0.2, 0.25) is 0 Å². The van der Waals surface area contributed by atoms with Crippen molar-refractivity contribution in [3.8, 4) is 0 Å². The van der Waals surface area contributed by atoms with Crippen molar-refractivity contribution in [2.24, 2.45) is 15.9 Å². The average Bonchev–Trinajstić information content (AvgIpc) is 1.87. The molecule has 0 fully saturated rings. The van der Waals surface area contributed by atoms with Crippen molar-refractivity contribution in [2.45, 2.75) is 13.8 Å². The van der Waals surface area contributed by atoms with Crippen LogP contribution >= 0.6 is 0 Å².